The van der Waals surface area contributed by atoms with Crippen LogP contribution in [0.25, 0.3) is 0 Å². The predicted octanol–water partition coefficient (Wildman–Crippen LogP) is 4.03. The molecule has 0 spiro atoms. The summed E-state index contributed by atoms with van der Waals surface area (Å²) < 4.78 is 0. The molecule has 1 rings (SSSR count). The summed E-state index contributed by atoms with van der Waals surface area (Å²) in [6.07, 6.45) is 3.28. The van der Waals surface area contributed by atoms with Crippen LogP contribution in [0.3, 0.4) is 0 Å². The minimum Gasteiger partial charge on any atom is -0.403 e. The number of nitrogens with zero attached hydrogens (tertiary/aromatic N) is 2. The van der Waals surface area contributed by atoms with E-state index < -0.39 is 0 Å². The number of rotatable bonds is 0. The van der Waals surface area contributed by atoms with E-state index in [4.69, 9.17) is 5.73 Å². The number of nitrogens with two attached hydrogens (primary N) is 1. The van der Waals surface area contributed by atoms with Crippen LogP contribution in [0.4, 0.5) is 0 Å². The number of aromatic nitrogens is 2. The molecule has 0 amide bonds. The first kappa shape index (κ1) is 29.8. The zero-order valence-electron chi connectivity index (χ0n) is 12.4. The maximum atomic E-state index is 4.92. The largest absolute Gasteiger partial charge is 0.403 e. The third-order valence-corrected chi connectivity index (χ3v) is 0.483. The van der Waals surface area contributed by atoms with E-state index in [1.54, 1.807) is 19.3 Å². The summed E-state index contributed by atoms with van der Waals surface area (Å²) in [4.78, 5) is 0. The Labute approximate surface area is 120 Å². The molecular weight excluding hydrogens is 249 g/mol. The fourth-order valence-electron chi connectivity index (χ4n) is 0.253. The van der Waals surface area contributed by atoms with Crippen molar-refractivity contribution < 1.29 is 18.6 Å². The van der Waals surface area contributed by atoms with E-state index in [2.05, 4.69) is 16.8 Å². The van der Waals surface area contributed by atoms with Gasteiger partial charge in [0.05, 0.1) is 0 Å². The van der Waals surface area contributed by atoms with Gasteiger partial charge >= 0.3 is 0 Å². The summed E-state index contributed by atoms with van der Waals surface area (Å²) in [5.41, 5.74) is 5.58. The van der Waals surface area contributed by atoms with Gasteiger partial charge in [0.1, 0.15) is 0 Å². The average Bonchev–Trinajstić information content (AvgIpc) is 2.38. The first-order chi connectivity index (χ1) is 7.73. The van der Waals surface area contributed by atoms with E-state index in [1.807, 2.05) is 53.7 Å². The molecule has 0 atom stereocenters. The molecule has 0 saturated heterocycles. The van der Waals surface area contributed by atoms with Gasteiger partial charge in [0.25, 0.3) is 0 Å². The average molecular weight is 278 g/mol. The van der Waals surface area contributed by atoms with Crippen LogP contribution in [0.15, 0.2) is 36.8 Å². The molecule has 0 aromatic carbocycles. The molecule has 1 aromatic heterocycles. The van der Waals surface area contributed by atoms with Gasteiger partial charge in [-0.25, -0.2) is 0 Å². The molecule has 101 valence electrons. The van der Waals surface area contributed by atoms with E-state index >= 15 is 0 Å². The molecule has 1 heterocycles. The van der Waals surface area contributed by atoms with E-state index in [-0.39, 0.29) is 18.6 Å². The van der Waals surface area contributed by atoms with Crippen molar-refractivity contribution in [2.24, 2.45) is 5.73 Å². The fourth-order valence-corrected chi connectivity index (χ4v) is 0.253. The third-order valence-electron chi connectivity index (χ3n) is 0.483. The molecular formula is C13H29N3V. The van der Waals surface area contributed by atoms with Crippen molar-refractivity contribution in [3.63, 3.8) is 0 Å². The zero-order chi connectivity index (χ0) is 13.8. The van der Waals surface area contributed by atoms with Gasteiger partial charge in [0.15, 0.2) is 0 Å². The Hall–Kier alpha value is -0.796. The molecule has 0 aliphatic heterocycles. The maximum Gasteiger partial charge on any atom is 0.0496 e. The smallest absolute Gasteiger partial charge is 0.0496 e. The van der Waals surface area contributed by atoms with Crippen LogP contribution in [0.2, 0.25) is 0 Å². The van der Waals surface area contributed by atoms with Crippen LogP contribution in [-0.2, 0) is 18.6 Å². The molecule has 1 radical (unpaired) electrons. The van der Waals surface area contributed by atoms with Gasteiger partial charge in [-0.2, -0.15) is 10.2 Å². The quantitative estimate of drug-likeness (QED) is 0.779. The molecule has 0 aliphatic carbocycles. The van der Waals surface area contributed by atoms with Crippen LogP contribution in [0.1, 0.15) is 48.5 Å². The van der Waals surface area contributed by atoms with Crippen LogP contribution < -0.4 is 5.73 Å². The number of allylic oxidation sites excluding steroid dienone is 1. The Morgan fingerprint density at radius 1 is 0.882 bits per heavy atom. The summed E-state index contributed by atoms with van der Waals surface area (Å²) >= 11 is 0. The Balaban J connectivity index is -0.0000000390. The second-order valence-electron chi connectivity index (χ2n) is 1.76. The van der Waals surface area contributed by atoms with Gasteiger partial charge in [-0.3, -0.25) is 0 Å². The Morgan fingerprint density at radius 2 is 1.06 bits per heavy atom. The molecule has 2 N–H and O–H groups in total. The van der Waals surface area contributed by atoms with Crippen molar-refractivity contribution in [3.8, 4) is 0 Å². The Morgan fingerprint density at radius 3 is 1.12 bits per heavy atom. The second-order valence-corrected chi connectivity index (χ2v) is 1.76. The summed E-state index contributed by atoms with van der Waals surface area (Å²) in [5, 5.41) is 7.07. The topological polar surface area (TPSA) is 51.8 Å². The van der Waals surface area contributed by atoms with Gasteiger partial charge in [0.2, 0.25) is 0 Å². The molecule has 1 aromatic rings. The Bertz CT molecular complexity index is 149. The molecule has 4 heteroatoms. The van der Waals surface area contributed by atoms with Crippen molar-refractivity contribution >= 4 is 0 Å². The maximum absolute atomic E-state index is 4.92. The van der Waals surface area contributed by atoms with Crippen molar-refractivity contribution in [3.05, 3.63) is 36.8 Å². The molecule has 0 unspecified atom stereocenters. The van der Waals surface area contributed by atoms with Crippen molar-refractivity contribution in [1.29, 1.82) is 0 Å². The van der Waals surface area contributed by atoms with E-state index in [0.29, 0.717) is 5.70 Å². The van der Waals surface area contributed by atoms with Crippen molar-refractivity contribution in [2.45, 2.75) is 48.5 Å². The van der Waals surface area contributed by atoms with Crippen LogP contribution >= 0.6 is 0 Å². The zero-order valence-corrected chi connectivity index (χ0v) is 13.8. The molecule has 0 bridgehead atoms. The van der Waals surface area contributed by atoms with Crippen molar-refractivity contribution in [2.75, 3.05) is 0 Å². The van der Waals surface area contributed by atoms with E-state index in [9.17, 15) is 0 Å². The third kappa shape index (κ3) is 97.9. The fraction of sp³-hybridized carbons (Fsp3) is 0.538. The molecule has 17 heavy (non-hydrogen) atoms. The summed E-state index contributed by atoms with van der Waals surface area (Å²) in [5.74, 6) is 0. The minimum absolute atomic E-state index is 0. The first-order valence-electron chi connectivity index (χ1n) is 5.86. The predicted molar refractivity (Wildman–Crippen MR) is 75.1 cm³/mol. The number of hydrogen-bond acceptors (Lipinski definition) is 3. The van der Waals surface area contributed by atoms with Gasteiger partial charge in [-0.15, -0.1) is 0 Å². The molecule has 0 aliphatic rings. The summed E-state index contributed by atoms with van der Waals surface area (Å²) in [7, 11) is 0. The SMILES string of the molecule is C=C(C)N.CC.CC.CC.[V].c1ccnnc1. The minimum atomic E-state index is 0. The van der Waals surface area contributed by atoms with Gasteiger partial charge in [0, 0.05) is 30.9 Å². The second kappa shape index (κ2) is 45.6. The van der Waals surface area contributed by atoms with Crippen molar-refractivity contribution in [1.82, 2.24) is 10.2 Å². The van der Waals surface area contributed by atoms with E-state index in [0.717, 1.165) is 0 Å². The standard InChI is InChI=1S/C4H4N2.C3H7N.3C2H6.V/c1-2-4-6-5-3-1;1-3(2)4;3*1-2;/h1-4H;1,4H2,2H3;3*1-2H3;. The molecule has 0 saturated carbocycles. The van der Waals surface area contributed by atoms with Crippen LogP contribution in [0, 0.1) is 0 Å². The van der Waals surface area contributed by atoms with Crippen LogP contribution in [-0.4, -0.2) is 10.2 Å². The van der Waals surface area contributed by atoms with Gasteiger partial charge in [-0.1, -0.05) is 48.1 Å². The van der Waals surface area contributed by atoms with Crippen LogP contribution in [0.5, 0.6) is 0 Å². The monoisotopic (exact) mass is 278 g/mol. The number of hydrogen-bond donors (Lipinski definition) is 1. The summed E-state index contributed by atoms with van der Waals surface area (Å²) in [6, 6.07) is 3.65. The first-order valence-corrected chi connectivity index (χ1v) is 5.86. The van der Waals surface area contributed by atoms with Gasteiger partial charge < -0.3 is 5.73 Å². The molecule has 3 nitrogen and oxygen atoms in total. The summed E-state index contributed by atoms with van der Waals surface area (Å²) in [6.45, 7) is 17.1. The Kier molecular flexibility index (Phi) is 80.0. The molecule has 0 fully saturated rings. The van der Waals surface area contributed by atoms with Gasteiger partial charge in [-0.05, 0) is 24.8 Å². The normalized spacial score (nSPS) is 5.35. The van der Waals surface area contributed by atoms with E-state index in [1.165, 1.54) is 0 Å².